The minimum atomic E-state index is -0.275. The van der Waals surface area contributed by atoms with Crippen molar-refractivity contribution < 1.29 is 9.53 Å². The van der Waals surface area contributed by atoms with Gasteiger partial charge in [0.15, 0.2) is 0 Å². The van der Waals surface area contributed by atoms with Crippen LogP contribution < -0.4 is 4.74 Å². The largest absolute Gasteiger partial charge is 0.425 e. The van der Waals surface area contributed by atoms with E-state index in [1.807, 2.05) is 0 Å². The molecule has 0 amide bonds. The highest BCUT2D eigenvalue weighted by atomic mass is 79.9. The van der Waals surface area contributed by atoms with Gasteiger partial charge in [0.25, 0.3) is 0 Å². The van der Waals surface area contributed by atoms with Gasteiger partial charge < -0.3 is 4.74 Å². The summed E-state index contributed by atoms with van der Waals surface area (Å²) < 4.78 is 5.73. The smallest absolute Gasteiger partial charge is 0.310 e. The third-order valence-electron chi connectivity index (χ3n) is 1.41. The lowest BCUT2D eigenvalue weighted by molar-refractivity contribution is -0.134. The fourth-order valence-corrected chi connectivity index (χ4v) is 1.24. The molecule has 0 spiro atoms. The summed E-state index contributed by atoms with van der Waals surface area (Å²) in [5, 5.41) is 0.544. The van der Waals surface area contributed by atoms with Gasteiger partial charge in [-0.1, -0.05) is 18.5 Å². The third-order valence-corrected chi connectivity index (χ3v) is 2.30. The Hall–Kier alpha value is -0.540. The van der Waals surface area contributed by atoms with Crippen LogP contribution in [0, 0.1) is 0 Å². The molecule has 0 heterocycles. The molecule has 2 nitrogen and oxygen atoms in total. The third kappa shape index (κ3) is 3.01. The van der Waals surface area contributed by atoms with E-state index in [-0.39, 0.29) is 5.97 Å². The quantitative estimate of drug-likeness (QED) is 0.604. The lowest BCUT2D eigenvalue weighted by Gasteiger charge is -2.04. The van der Waals surface area contributed by atoms with E-state index < -0.39 is 0 Å². The summed E-state index contributed by atoms with van der Waals surface area (Å²) in [6.45, 7) is 1.74. The van der Waals surface area contributed by atoms with Gasteiger partial charge >= 0.3 is 5.97 Å². The number of carbonyl (C=O) groups is 1. The van der Waals surface area contributed by atoms with Gasteiger partial charge in [-0.05, 0) is 28.1 Å². The van der Waals surface area contributed by atoms with Gasteiger partial charge in [-0.3, -0.25) is 4.79 Å². The maximum Gasteiger partial charge on any atom is 0.310 e. The Labute approximate surface area is 90.0 Å². The van der Waals surface area contributed by atoms with Crippen LogP contribution in [0.5, 0.6) is 5.75 Å². The van der Waals surface area contributed by atoms with Crippen molar-refractivity contribution in [1.82, 2.24) is 0 Å². The van der Waals surface area contributed by atoms with Crippen LogP contribution in [-0.4, -0.2) is 5.97 Å². The van der Waals surface area contributed by atoms with Crippen LogP contribution >= 0.6 is 27.5 Å². The average Bonchev–Trinajstić information content (AvgIpc) is 2.11. The van der Waals surface area contributed by atoms with E-state index >= 15 is 0 Å². The zero-order chi connectivity index (χ0) is 9.84. The van der Waals surface area contributed by atoms with Crippen molar-refractivity contribution in [2.45, 2.75) is 13.3 Å². The molecular weight excluding hydrogens is 255 g/mol. The van der Waals surface area contributed by atoms with Gasteiger partial charge in [-0.2, -0.15) is 0 Å². The molecule has 1 aromatic rings. The van der Waals surface area contributed by atoms with E-state index in [1.165, 1.54) is 0 Å². The predicted molar refractivity (Wildman–Crippen MR) is 55.1 cm³/mol. The first kappa shape index (κ1) is 10.5. The van der Waals surface area contributed by atoms with Crippen molar-refractivity contribution >= 4 is 33.5 Å². The fraction of sp³-hybridized carbons (Fsp3) is 0.222. The summed E-state index contributed by atoms with van der Waals surface area (Å²) in [5.74, 6) is 0.183. The number of ether oxygens (including phenoxy) is 1. The van der Waals surface area contributed by atoms with E-state index in [9.17, 15) is 4.79 Å². The zero-order valence-electron chi connectivity index (χ0n) is 7.01. The number of hydrogen-bond donors (Lipinski definition) is 0. The van der Waals surface area contributed by atoms with Crippen LogP contribution in [0.25, 0.3) is 0 Å². The van der Waals surface area contributed by atoms with Gasteiger partial charge in [0.1, 0.15) is 5.75 Å². The number of halogens is 2. The highest BCUT2D eigenvalue weighted by Gasteiger charge is 2.06. The average molecular weight is 264 g/mol. The summed E-state index contributed by atoms with van der Waals surface area (Å²) in [6.07, 6.45) is 0.346. The number of benzene rings is 1. The van der Waals surface area contributed by atoms with Crippen LogP contribution in [0.4, 0.5) is 0 Å². The number of esters is 1. The first-order chi connectivity index (χ1) is 6.13. The minimum absolute atomic E-state index is 0.275. The molecule has 0 aliphatic heterocycles. The molecule has 1 aromatic carbocycles. The van der Waals surface area contributed by atoms with Crippen molar-refractivity contribution in [3.05, 3.63) is 27.7 Å². The van der Waals surface area contributed by atoms with Crippen LogP contribution in [-0.2, 0) is 4.79 Å². The molecule has 0 aromatic heterocycles. The number of rotatable bonds is 2. The van der Waals surface area contributed by atoms with Crippen LogP contribution in [0.2, 0.25) is 5.02 Å². The zero-order valence-corrected chi connectivity index (χ0v) is 9.35. The second-order valence-electron chi connectivity index (χ2n) is 2.40. The number of carbonyl (C=O) groups excluding carboxylic acids is 1. The normalized spacial score (nSPS) is 9.77. The topological polar surface area (TPSA) is 26.3 Å². The summed E-state index contributed by atoms with van der Waals surface area (Å²) in [5.41, 5.74) is 0. The fourth-order valence-electron chi connectivity index (χ4n) is 0.750. The van der Waals surface area contributed by atoms with Gasteiger partial charge in [0.05, 0.1) is 4.47 Å². The molecule has 0 fully saturated rings. The van der Waals surface area contributed by atoms with E-state index in [0.717, 1.165) is 4.47 Å². The molecule has 70 valence electrons. The molecule has 4 heteroatoms. The van der Waals surface area contributed by atoms with Crippen LogP contribution in [0.15, 0.2) is 22.7 Å². The van der Waals surface area contributed by atoms with Crippen LogP contribution in [0.3, 0.4) is 0 Å². The minimum Gasteiger partial charge on any atom is -0.425 e. The summed E-state index contributed by atoms with van der Waals surface area (Å²) >= 11 is 8.98. The Balaban J connectivity index is 2.87. The summed E-state index contributed by atoms with van der Waals surface area (Å²) in [7, 11) is 0. The molecule has 0 aliphatic rings. The van der Waals surface area contributed by atoms with Crippen molar-refractivity contribution in [2.75, 3.05) is 0 Å². The van der Waals surface area contributed by atoms with Crippen molar-refractivity contribution in [2.24, 2.45) is 0 Å². The van der Waals surface area contributed by atoms with Crippen molar-refractivity contribution in [3.63, 3.8) is 0 Å². The van der Waals surface area contributed by atoms with E-state index in [0.29, 0.717) is 17.2 Å². The van der Waals surface area contributed by atoms with Crippen molar-refractivity contribution in [1.29, 1.82) is 0 Å². The van der Waals surface area contributed by atoms with Gasteiger partial charge in [0, 0.05) is 17.5 Å². The molecule has 0 saturated carbocycles. The SMILES string of the molecule is CCC(=O)Oc1cc(Cl)ccc1Br. The maximum atomic E-state index is 11.0. The lowest BCUT2D eigenvalue weighted by atomic mass is 10.3. The molecular formula is C9H8BrClO2. The molecule has 0 N–H and O–H groups in total. The first-order valence-corrected chi connectivity index (χ1v) is 4.96. The van der Waals surface area contributed by atoms with Crippen LogP contribution in [0.1, 0.15) is 13.3 Å². The summed E-state index contributed by atoms with van der Waals surface area (Å²) in [6, 6.07) is 5.05. The van der Waals surface area contributed by atoms with Gasteiger partial charge in [0.2, 0.25) is 0 Å². The van der Waals surface area contributed by atoms with E-state index in [4.69, 9.17) is 16.3 Å². The molecule has 0 radical (unpaired) electrons. The molecule has 0 bridgehead atoms. The van der Waals surface area contributed by atoms with E-state index in [1.54, 1.807) is 25.1 Å². The van der Waals surface area contributed by atoms with Crippen molar-refractivity contribution in [3.8, 4) is 5.75 Å². The molecule has 0 aliphatic carbocycles. The Morgan fingerprint density at radius 2 is 2.31 bits per heavy atom. The molecule has 13 heavy (non-hydrogen) atoms. The predicted octanol–water partition coefficient (Wildman–Crippen LogP) is 3.42. The highest BCUT2D eigenvalue weighted by molar-refractivity contribution is 9.10. The second-order valence-corrected chi connectivity index (χ2v) is 3.69. The maximum absolute atomic E-state index is 11.0. The number of hydrogen-bond acceptors (Lipinski definition) is 2. The highest BCUT2D eigenvalue weighted by Crippen LogP contribution is 2.28. The molecule has 1 rings (SSSR count). The van der Waals surface area contributed by atoms with E-state index in [2.05, 4.69) is 15.9 Å². The first-order valence-electron chi connectivity index (χ1n) is 3.79. The Morgan fingerprint density at radius 3 is 2.92 bits per heavy atom. The molecule has 0 atom stereocenters. The monoisotopic (exact) mass is 262 g/mol. The Bertz CT molecular complexity index is 325. The Kier molecular flexibility index (Phi) is 3.75. The molecule has 0 unspecified atom stereocenters. The lowest BCUT2D eigenvalue weighted by Crippen LogP contribution is -2.05. The summed E-state index contributed by atoms with van der Waals surface area (Å²) in [4.78, 5) is 11.0. The van der Waals surface area contributed by atoms with Gasteiger partial charge in [-0.25, -0.2) is 0 Å². The second kappa shape index (κ2) is 4.63. The molecule has 0 saturated heterocycles. The standard InChI is InChI=1S/C9H8BrClO2/c1-2-9(12)13-8-5-6(11)3-4-7(8)10/h3-5H,2H2,1H3. The Morgan fingerprint density at radius 1 is 1.62 bits per heavy atom. The van der Waals surface area contributed by atoms with Gasteiger partial charge in [-0.15, -0.1) is 0 Å².